The highest BCUT2D eigenvalue weighted by Gasteiger charge is 2.03. The molecule has 0 aliphatic heterocycles. The summed E-state index contributed by atoms with van der Waals surface area (Å²) in [5.41, 5.74) is 0. The molecule has 1 N–H and O–H groups in total. The summed E-state index contributed by atoms with van der Waals surface area (Å²) < 4.78 is 1.33. The molecule has 1 heterocycles. The molecule has 1 unspecified atom stereocenters. The lowest BCUT2D eigenvalue weighted by Gasteiger charge is -2.05. The van der Waals surface area contributed by atoms with Crippen molar-refractivity contribution in [3.63, 3.8) is 0 Å². The maximum Gasteiger partial charge on any atom is 0.0958 e. The molecule has 70 valence electrons. The van der Waals surface area contributed by atoms with Gasteiger partial charge in [0.25, 0.3) is 0 Å². The van der Waals surface area contributed by atoms with Crippen molar-refractivity contribution in [1.82, 2.24) is 5.32 Å². The molecule has 1 aromatic rings. The van der Waals surface area contributed by atoms with Gasteiger partial charge in [-0.15, -0.1) is 23.1 Å². The predicted molar refractivity (Wildman–Crippen MR) is 58.1 cm³/mol. The molecule has 0 radical (unpaired) electrons. The van der Waals surface area contributed by atoms with Crippen LogP contribution in [0.1, 0.15) is 6.42 Å². The topological polar surface area (TPSA) is 35.8 Å². The van der Waals surface area contributed by atoms with Crippen molar-refractivity contribution in [2.45, 2.75) is 16.7 Å². The van der Waals surface area contributed by atoms with Crippen LogP contribution in [0.2, 0.25) is 0 Å². The van der Waals surface area contributed by atoms with Gasteiger partial charge in [0.2, 0.25) is 0 Å². The Hall–Kier alpha value is -0.500. The second-order valence-electron chi connectivity index (χ2n) is 2.54. The molecular weight excluding hydrogens is 200 g/mol. The highest BCUT2D eigenvalue weighted by atomic mass is 32.2. The van der Waals surface area contributed by atoms with E-state index in [9.17, 15) is 0 Å². The van der Waals surface area contributed by atoms with Gasteiger partial charge >= 0.3 is 0 Å². The zero-order valence-corrected chi connectivity index (χ0v) is 9.12. The summed E-state index contributed by atoms with van der Waals surface area (Å²) in [6, 6.07) is 6.36. The van der Waals surface area contributed by atoms with Gasteiger partial charge in [-0.05, 0) is 24.9 Å². The summed E-state index contributed by atoms with van der Waals surface area (Å²) in [6.45, 7) is 0. The van der Waals surface area contributed by atoms with Crippen molar-refractivity contribution in [1.29, 1.82) is 5.26 Å². The minimum Gasteiger partial charge on any atom is -0.305 e. The van der Waals surface area contributed by atoms with E-state index in [0.29, 0.717) is 0 Å². The molecule has 2 nitrogen and oxygen atoms in total. The van der Waals surface area contributed by atoms with Gasteiger partial charge in [-0.3, -0.25) is 0 Å². The lowest BCUT2D eigenvalue weighted by molar-refractivity contribution is 0.664. The van der Waals surface area contributed by atoms with Gasteiger partial charge in [0.15, 0.2) is 0 Å². The van der Waals surface area contributed by atoms with Gasteiger partial charge in [-0.25, -0.2) is 0 Å². The molecule has 0 saturated heterocycles. The molecule has 4 heteroatoms. The van der Waals surface area contributed by atoms with Crippen molar-refractivity contribution in [3.05, 3.63) is 17.5 Å². The molecule has 0 saturated carbocycles. The van der Waals surface area contributed by atoms with Gasteiger partial charge in [-0.1, -0.05) is 6.07 Å². The molecule has 0 aliphatic carbocycles. The smallest absolute Gasteiger partial charge is 0.0958 e. The summed E-state index contributed by atoms with van der Waals surface area (Å²) >= 11 is 3.56. The zero-order chi connectivity index (χ0) is 9.52. The van der Waals surface area contributed by atoms with Gasteiger partial charge in [0.1, 0.15) is 0 Å². The van der Waals surface area contributed by atoms with E-state index in [4.69, 9.17) is 5.26 Å². The number of hydrogen-bond acceptors (Lipinski definition) is 4. The van der Waals surface area contributed by atoms with E-state index in [-0.39, 0.29) is 6.04 Å². The summed E-state index contributed by atoms with van der Waals surface area (Å²) in [5, 5.41) is 13.7. The van der Waals surface area contributed by atoms with E-state index in [1.165, 1.54) is 4.21 Å². The predicted octanol–water partition coefficient (Wildman–Crippen LogP) is 2.34. The Bertz CT molecular complexity index is 264. The van der Waals surface area contributed by atoms with Crippen LogP contribution in [-0.4, -0.2) is 18.8 Å². The molecule has 0 spiro atoms. The largest absolute Gasteiger partial charge is 0.305 e. The van der Waals surface area contributed by atoms with Crippen LogP contribution in [0.3, 0.4) is 0 Å². The maximum absolute atomic E-state index is 8.66. The SMILES string of the molecule is CNC(C#N)CCSc1cccs1. The molecule has 1 atom stereocenters. The van der Waals surface area contributed by atoms with Crippen molar-refractivity contribution >= 4 is 23.1 Å². The Kier molecular flexibility index (Phi) is 4.91. The summed E-state index contributed by atoms with van der Waals surface area (Å²) in [4.78, 5) is 0. The summed E-state index contributed by atoms with van der Waals surface area (Å²) in [7, 11) is 1.82. The van der Waals surface area contributed by atoms with Gasteiger partial charge in [0.05, 0.1) is 16.3 Å². The molecule has 0 aromatic carbocycles. The normalized spacial score (nSPS) is 12.3. The van der Waals surface area contributed by atoms with Gasteiger partial charge < -0.3 is 5.32 Å². The average Bonchev–Trinajstić information content (AvgIpc) is 2.65. The fourth-order valence-corrected chi connectivity index (χ4v) is 2.76. The van der Waals surface area contributed by atoms with E-state index in [0.717, 1.165) is 12.2 Å². The molecule has 0 amide bonds. The van der Waals surface area contributed by atoms with Crippen molar-refractivity contribution in [3.8, 4) is 6.07 Å². The lowest BCUT2D eigenvalue weighted by atomic mass is 10.3. The summed E-state index contributed by atoms with van der Waals surface area (Å²) in [6.07, 6.45) is 0.898. The number of thiophene rings is 1. The van der Waals surface area contributed by atoms with Gasteiger partial charge in [-0.2, -0.15) is 5.26 Å². The first-order valence-corrected chi connectivity index (χ1v) is 5.96. The molecule has 13 heavy (non-hydrogen) atoms. The quantitative estimate of drug-likeness (QED) is 0.761. The van der Waals surface area contributed by atoms with Crippen LogP contribution in [0, 0.1) is 11.3 Å². The molecule has 0 fully saturated rings. The van der Waals surface area contributed by atoms with Crippen molar-refractivity contribution in [2.24, 2.45) is 0 Å². The van der Waals surface area contributed by atoms with E-state index in [1.54, 1.807) is 11.3 Å². The lowest BCUT2D eigenvalue weighted by Crippen LogP contribution is -2.23. The Morgan fingerprint density at radius 2 is 2.62 bits per heavy atom. The third-order valence-electron chi connectivity index (χ3n) is 1.65. The minimum absolute atomic E-state index is 0.00698. The minimum atomic E-state index is -0.00698. The van der Waals surface area contributed by atoms with Crippen LogP contribution >= 0.6 is 23.1 Å². The first kappa shape index (κ1) is 10.6. The number of nitriles is 1. The van der Waals surface area contributed by atoms with Crippen LogP contribution in [0.4, 0.5) is 0 Å². The highest BCUT2D eigenvalue weighted by molar-refractivity contribution is 8.01. The third-order valence-corrected chi connectivity index (χ3v) is 3.81. The number of nitrogens with zero attached hydrogens (tertiary/aromatic N) is 1. The third kappa shape index (κ3) is 3.81. The van der Waals surface area contributed by atoms with Gasteiger partial charge in [0, 0.05) is 5.75 Å². The number of hydrogen-bond donors (Lipinski definition) is 1. The molecule has 0 aliphatic rings. The second kappa shape index (κ2) is 6.03. The van der Waals surface area contributed by atoms with E-state index < -0.39 is 0 Å². The highest BCUT2D eigenvalue weighted by Crippen LogP contribution is 2.23. The van der Waals surface area contributed by atoms with Crippen LogP contribution in [0.25, 0.3) is 0 Å². The van der Waals surface area contributed by atoms with Crippen molar-refractivity contribution < 1.29 is 0 Å². The monoisotopic (exact) mass is 212 g/mol. The summed E-state index contributed by atoms with van der Waals surface area (Å²) in [5.74, 6) is 1.000. The Labute approximate surface area is 87.0 Å². The fraction of sp³-hybridized carbons (Fsp3) is 0.444. The average molecular weight is 212 g/mol. The first-order chi connectivity index (χ1) is 6.36. The van der Waals surface area contributed by atoms with Crippen LogP contribution in [-0.2, 0) is 0 Å². The molecule has 0 bridgehead atoms. The second-order valence-corrected chi connectivity index (χ2v) is 4.88. The maximum atomic E-state index is 8.66. The Balaban J connectivity index is 2.18. The number of nitrogens with one attached hydrogen (secondary N) is 1. The molecule has 1 aromatic heterocycles. The zero-order valence-electron chi connectivity index (χ0n) is 7.49. The first-order valence-electron chi connectivity index (χ1n) is 4.10. The standard InChI is InChI=1S/C9H12N2S2/c1-11-8(7-10)4-6-13-9-3-2-5-12-9/h2-3,5,8,11H,4,6H2,1H3. The van der Waals surface area contributed by atoms with Crippen LogP contribution in [0.15, 0.2) is 21.7 Å². The van der Waals surface area contributed by atoms with E-state index in [2.05, 4.69) is 22.8 Å². The van der Waals surface area contributed by atoms with Crippen LogP contribution < -0.4 is 5.32 Å². The van der Waals surface area contributed by atoms with Crippen LogP contribution in [0.5, 0.6) is 0 Å². The molecular formula is C9H12N2S2. The van der Waals surface area contributed by atoms with E-state index in [1.807, 2.05) is 24.9 Å². The Morgan fingerprint density at radius 1 is 1.77 bits per heavy atom. The Morgan fingerprint density at radius 3 is 3.15 bits per heavy atom. The van der Waals surface area contributed by atoms with Crippen molar-refractivity contribution in [2.75, 3.05) is 12.8 Å². The number of thioether (sulfide) groups is 1. The molecule has 1 rings (SSSR count). The fourth-order valence-electron chi connectivity index (χ4n) is 0.896. The number of rotatable bonds is 5. The van der Waals surface area contributed by atoms with E-state index >= 15 is 0 Å².